The summed E-state index contributed by atoms with van der Waals surface area (Å²) < 4.78 is 0. The second kappa shape index (κ2) is 6.51. The van der Waals surface area contributed by atoms with Crippen LogP contribution in [-0.4, -0.2) is 9.75 Å². The zero-order valence-electron chi connectivity index (χ0n) is 11.2. The molecule has 0 heterocycles. The molecule has 4 heteroatoms. The number of hydrogen-bond donors (Lipinski definition) is 0. The first-order valence-electron chi connectivity index (χ1n) is 6.97. The number of hydrogen-bond acceptors (Lipinski definition) is 2. The first-order chi connectivity index (χ1) is 9.10. The van der Waals surface area contributed by atoms with Crippen LogP contribution in [0.25, 0.3) is 0 Å². The van der Waals surface area contributed by atoms with E-state index < -0.39 is 0 Å². The van der Waals surface area contributed by atoms with Crippen LogP contribution in [-0.2, 0) is 6.42 Å². The third-order valence-electron chi connectivity index (χ3n) is 4.19. The Morgan fingerprint density at radius 2 is 2.21 bits per heavy atom. The Morgan fingerprint density at radius 3 is 2.89 bits per heavy atom. The fourth-order valence-corrected chi connectivity index (χ4v) is 3.67. The van der Waals surface area contributed by atoms with Crippen LogP contribution in [0.4, 0.5) is 5.69 Å². The summed E-state index contributed by atoms with van der Waals surface area (Å²) in [4.78, 5) is 11.0. The minimum Gasteiger partial charge on any atom is -0.258 e. The molecule has 0 aliphatic heterocycles. The molecule has 0 radical (unpaired) electrons. The highest BCUT2D eigenvalue weighted by Crippen LogP contribution is 2.37. The van der Waals surface area contributed by atoms with Crippen molar-refractivity contribution in [3.05, 3.63) is 39.9 Å². The number of rotatable bonds is 4. The maximum absolute atomic E-state index is 10.8. The molecule has 3 nitrogen and oxygen atoms in total. The molecule has 0 bridgehead atoms. The topological polar surface area (TPSA) is 43.1 Å². The van der Waals surface area contributed by atoms with E-state index in [1.54, 1.807) is 18.2 Å². The summed E-state index contributed by atoms with van der Waals surface area (Å²) in [6.45, 7) is 2.25. The lowest BCUT2D eigenvalue weighted by Gasteiger charge is -2.33. The normalized spacial score (nSPS) is 27.2. The fourth-order valence-electron chi connectivity index (χ4n) is 3.01. The van der Waals surface area contributed by atoms with Gasteiger partial charge in [0.25, 0.3) is 5.69 Å². The molecule has 0 spiro atoms. The van der Waals surface area contributed by atoms with Crippen molar-refractivity contribution in [3.63, 3.8) is 0 Å². The van der Waals surface area contributed by atoms with Gasteiger partial charge in [-0.15, -0.1) is 0 Å². The highest BCUT2D eigenvalue weighted by atomic mass is 79.9. The maximum Gasteiger partial charge on any atom is 0.269 e. The lowest BCUT2D eigenvalue weighted by Crippen LogP contribution is -2.26. The fraction of sp³-hybridized carbons (Fsp3) is 0.600. The summed E-state index contributed by atoms with van der Waals surface area (Å²) in [6, 6.07) is 7.07. The van der Waals surface area contributed by atoms with Crippen molar-refractivity contribution in [2.45, 2.75) is 43.9 Å². The smallest absolute Gasteiger partial charge is 0.258 e. The first kappa shape index (κ1) is 14.5. The van der Waals surface area contributed by atoms with E-state index in [9.17, 15) is 10.1 Å². The maximum atomic E-state index is 10.8. The number of nitrogens with zero attached hydrogens (tertiary/aromatic N) is 1. The van der Waals surface area contributed by atoms with Gasteiger partial charge in [0.05, 0.1) is 4.92 Å². The molecule has 0 amide bonds. The molecule has 104 valence electrons. The highest BCUT2D eigenvalue weighted by Gasteiger charge is 2.28. The number of alkyl halides is 1. The van der Waals surface area contributed by atoms with Crippen LogP contribution in [0.3, 0.4) is 0 Å². The van der Waals surface area contributed by atoms with Crippen molar-refractivity contribution in [2.75, 3.05) is 0 Å². The van der Waals surface area contributed by atoms with Crippen molar-refractivity contribution < 1.29 is 4.92 Å². The van der Waals surface area contributed by atoms with Crippen molar-refractivity contribution in [1.29, 1.82) is 0 Å². The van der Waals surface area contributed by atoms with Crippen LogP contribution in [0.2, 0.25) is 0 Å². The molecule has 1 aliphatic rings. The summed E-state index contributed by atoms with van der Waals surface area (Å²) in [7, 11) is 0. The minimum atomic E-state index is -0.315. The predicted octanol–water partition coefficient (Wildman–Crippen LogP) is 4.73. The number of halogens is 1. The Morgan fingerprint density at radius 1 is 1.42 bits per heavy atom. The Bertz CT molecular complexity index is 450. The zero-order chi connectivity index (χ0) is 13.8. The summed E-state index contributed by atoms with van der Waals surface area (Å²) >= 11 is 3.78. The molecule has 1 aromatic carbocycles. The average Bonchev–Trinajstić information content (AvgIpc) is 2.41. The van der Waals surface area contributed by atoms with Gasteiger partial charge >= 0.3 is 0 Å². The summed E-state index contributed by atoms with van der Waals surface area (Å²) in [6.07, 6.45) is 5.93. The second-order valence-corrected chi connectivity index (χ2v) is 6.67. The molecule has 2 rings (SSSR count). The average molecular weight is 326 g/mol. The van der Waals surface area contributed by atoms with Gasteiger partial charge < -0.3 is 0 Å². The monoisotopic (exact) mass is 325 g/mol. The van der Waals surface area contributed by atoms with E-state index in [2.05, 4.69) is 22.9 Å². The van der Waals surface area contributed by atoms with Crippen LogP contribution >= 0.6 is 15.9 Å². The Kier molecular flexibility index (Phi) is 4.97. The van der Waals surface area contributed by atoms with E-state index in [0.29, 0.717) is 10.7 Å². The molecule has 1 fully saturated rings. The van der Waals surface area contributed by atoms with E-state index in [4.69, 9.17) is 0 Å². The molecule has 0 aromatic heterocycles. The number of nitro groups is 1. The van der Waals surface area contributed by atoms with Crippen LogP contribution < -0.4 is 0 Å². The van der Waals surface area contributed by atoms with E-state index in [1.807, 2.05) is 6.07 Å². The van der Waals surface area contributed by atoms with Crippen LogP contribution in [0.15, 0.2) is 24.3 Å². The molecular formula is C15H20BrNO2. The van der Waals surface area contributed by atoms with E-state index in [0.717, 1.165) is 17.9 Å². The standard InChI is InChI=1S/C15H20BrNO2/c1-2-11-6-7-15(16)13(8-11)9-12-4-3-5-14(10-12)17(18)19/h3-5,10-11,13,15H,2,6-9H2,1H3. The Hall–Kier alpha value is -0.900. The lowest BCUT2D eigenvalue weighted by molar-refractivity contribution is -0.384. The number of nitro benzene ring substituents is 1. The molecule has 1 aliphatic carbocycles. The van der Waals surface area contributed by atoms with Gasteiger partial charge in [0.2, 0.25) is 0 Å². The molecule has 1 saturated carbocycles. The quantitative estimate of drug-likeness (QED) is 0.456. The van der Waals surface area contributed by atoms with Gasteiger partial charge in [0.1, 0.15) is 0 Å². The SMILES string of the molecule is CCC1CCC(Br)C(Cc2cccc([N+](=O)[O-])c2)C1. The second-order valence-electron chi connectivity index (χ2n) is 5.49. The van der Waals surface area contributed by atoms with E-state index in [-0.39, 0.29) is 10.6 Å². The molecular weight excluding hydrogens is 306 g/mol. The van der Waals surface area contributed by atoms with Gasteiger partial charge in [-0.1, -0.05) is 41.4 Å². The van der Waals surface area contributed by atoms with Gasteiger partial charge in [-0.05, 0) is 43.1 Å². The van der Waals surface area contributed by atoms with Crippen molar-refractivity contribution in [1.82, 2.24) is 0 Å². The predicted molar refractivity (Wildman–Crippen MR) is 80.6 cm³/mol. The zero-order valence-corrected chi connectivity index (χ0v) is 12.8. The third-order valence-corrected chi connectivity index (χ3v) is 5.40. The minimum absolute atomic E-state index is 0.200. The number of non-ortho nitro benzene ring substituents is 1. The molecule has 19 heavy (non-hydrogen) atoms. The lowest BCUT2D eigenvalue weighted by atomic mass is 9.77. The molecule has 0 N–H and O–H groups in total. The number of benzene rings is 1. The van der Waals surface area contributed by atoms with Gasteiger partial charge in [-0.3, -0.25) is 10.1 Å². The van der Waals surface area contributed by atoms with Crippen LogP contribution in [0.1, 0.15) is 38.2 Å². The third kappa shape index (κ3) is 3.78. The van der Waals surface area contributed by atoms with Gasteiger partial charge in [0, 0.05) is 17.0 Å². The van der Waals surface area contributed by atoms with Gasteiger partial charge in [-0.25, -0.2) is 0 Å². The van der Waals surface area contributed by atoms with Gasteiger partial charge in [0.15, 0.2) is 0 Å². The van der Waals surface area contributed by atoms with Crippen LogP contribution in [0, 0.1) is 22.0 Å². The van der Waals surface area contributed by atoms with E-state index in [1.165, 1.54) is 25.7 Å². The van der Waals surface area contributed by atoms with Crippen molar-refractivity contribution in [3.8, 4) is 0 Å². The van der Waals surface area contributed by atoms with Gasteiger partial charge in [-0.2, -0.15) is 0 Å². The summed E-state index contributed by atoms with van der Waals surface area (Å²) in [5.41, 5.74) is 1.28. The molecule has 0 saturated heterocycles. The van der Waals surface area contributed by atoms with E-state index >= 15 is 0 Å². The molecule has 3 unspecified atom stereocenters. The summed E-state index contributed by atoms with van der Waals surface area (Å²) in [5.74, 6) is 1.42. The largest absolute Gasteiger partial charge is 0.269 e. The molecule has 3 atom stereocenters. The summed E-state index contributed by atoms with van der Waals surface area (Å²) in [5, 5.41) is 10.8. The first-order valence-corrected chi connectivity index (χ1v) is 7.89. The van der Waals surface area contributed by atoms with Crippen molar-refractivity contribution in [2.24, 2.45) is 11.8 Å². The molecule has 1 aromatic rings. The Balaban J connectivity index is 2.06. The van der Waals surface area contributed by atoms with Crippen LogP contribution in [0.5, 0.6) is 0 Å². The van der Waals surface area contributed by atoms with Crippen molar-refractivity contribution >= 4 is 21.6 Å². The Labute approximate surface area is 122 Å². The highest BCUT2D eigenvalue weighted by molar-refractivity contribution is 9.09.